The van der Waals surface area contributed by atoms with Crippen LogP contribution in [-0.2, 0) is 9.59 Å². The van der Waals surface area contributed by atoms with Crippen LogP contribution in [0, 0.1) is 16.7 Å². The van der Waals surface area contributed by atoms with Crippen LogP contribution >= 0.6 is 0 Å². The van der Waals surface area contributed by atoms with Gasteiger partial charge in [-0.15, -0.1) is 0 Å². The Bertz CT molecular complexity index is 279. The first kappa shape index (κ1) is 13.4. The molecule has 0 radical (unpaired) electrons. The fourth-order valence-corrected chi connectivity index (χ4v) is 0.838. The largest absolute Gasteiger partial charge is 0.339 e. The molecule has 15 heavy (non-hydrogen) atoms. The van der Waals surface area contributed by atoms with Gasteiger partial charge < -0.3 is 10.6 Å². The number of hydrogen-bond acceptors (Lipinski definition) is 3. The van der Waals surface area contributed by atoms with Gasteiger partial charge in [0.2, 0.25) is 11.8 Å². The molecule has 0 unspecified atom stereocenters. The minimum Gasteiger partial charge on any atom is -0.339 e. The second-order valence-electron chi connectivity index (χ2n) is 4.01. The van der Waals surface area contributed by atoms with Crippen LogP contribution in [0.15, 0.2) is 0 Å². The fourth-order valence-electron chi connectivity index (χ4n) is 0.838. The monoisotopic (exact) mass is 211 g/mol. The molecule has 5 heteroatoms. The van der Waals surface area contributed by atoms with Gasteiger partial charge in [-0.3, -0.25) is 9.59 Å². The Hall–Kier alpha value is -1.57. The van der Waals surface area contributed by atoms with Crippen LogP contribution in [0.5, 0.6) is 0 Å². The quantitative estimate of drug-likeness (QED) is 0.651. The number of nitriles is 1. The lowest BCUT2D eigenvalue weighted by Crippen LogP contribution is -2.36. The summed E-state index contributed by atoms with van der Waals surface area (Å²) >= 11 is 0. The van der Waals surface area contributed by atoms with E-state index in [4.69, 9.17) is 5.26 Å². The summed E-state index contributed by atoms with van der Waals surface area (Å²) in [7, 11) is 0. The number of amides is 2. The van der Waals surface area contributed by atoms with Crippen LogP contribution < -0.4 is 10.6 Å². The van der Waals surface area contributed by atoms with E-state index in [1.165, 1.54) is 6.92 Å². The summed E-state index contributed by atoms with van der Waals surface area (Å²) in [4.78, 5) is 21.7. The normalized spacial score (nSPS) is 10.3. The third-order valence-corrected chi connectivity index (χ3v) is 1.90. The fraction of sp³-hybridized carbons (Fsp3) is 0.700. The van der Waals surface area contributed by atoms with E-state index in [0.717, 1.165) is 0 Å². The van der Waals surface area contributed by atoms with Crippen LogP contribution in [0.3, 0.4) is 0 Å². The Morgan fingerprint density at radius 2 is 1.93 bits per heavy atom. The summed E-state index contributed by atoms with van der Waals surface area (Å²) in [5.74, 6) is -0.347. The van der Waals surface area contributed by atoms with Gasteiger partial charge in [-0.25, -0.2) is 0 Å². The number of carbonyl (C=O) groups is 2. The molecular weight excluding hydrogens is 194 g/mol. The lowest BCUT2D eigenvalue weighted by molar-refractivity contribution is -0.122. The summed E-state index contributed by atoms with van der Waals surface area (Å²) in [6.07, 6.45) is 0.801. The molecule has 0 aliphatic rings. The van der Waals surface area contributed by atoms with Gasteiger partial charge in [0.15, 0.2) is 0 Å². The van der Waals surface area contributed by atoms with Crippen LogP contribution in [0.2, 0.25) is 0 Å². The highest BCUT2D eigenvalue weighted by Gasteiger charge is 2.17. The summed E-state index contributed by atoms with van der Waals surface area (Å²) in [6, 6.07) is 2.12. The van der Waals surface area contributed by atoms with Crippen molar-refractivity contribution in [2.75, 3.05) is 6.67 Å². The molecule has 0 aromatic rings. The molecule has 0 aliphatic heterocycles. The Balaban J connectivity index is 3.68. The van der Waals surface area contributed by atoms with E-state index in [1.807, 2.05) is 0 Å². The molecule has 0 aromatic heterocycles. The molecule has 2 amide bonds. The van der Waals surface area contributed by atoms with E-state index in [0.29, 0.717) is 12.8 Å². The van der Waals surface area contributed by atoms with Crippen molar-refractivity contribution in [2.24, 2.45) is 5.41 Å². The molecule has 5 nitrogen and oxygen atoms in total. The van der Waals surface area contributed by atoms with Crippen molar-refractivity contribution in [1.82, 2.24) is 10.6 Å². The highest BCUT2D eigenvalue weighted by Crippen LogP contribution is 2.20. The lowest BCUT2D eigenvalue weighted by atomic mass is 9.90. The minimum atomic E-state index is -0.481. The molecule has 0 saturated carbocycles. The predicted molar refractivity (Wildman–Crippen MR) is 55.5 cm³/mol. The first-order chi connectivity index (χ1) is 6.87. The van der Waals surface area contributed by atoms with Crippen molar-refractivity contribution < 1.29 is 9.59 Å². The zero-order valence-electron chi connectivity index (χ0n) is 9.39. The molecule has 0 fully saturated rings. The van der Waals surface area contributed by atoms with Gasteiger partial charge in [0.25, 0.3) is 0 Å². The number of nitrogens with one attached hydrogen (secondary N) is 2. The maximum absolute atomic E-state index is 11.2. The standard InChI is InChI=1S/C10H17N3O2/c1-8(14)12-7-13-9(15)4-5-10(2,3)6-11/h4-5,7H2,1-3H3,(H,12,14)(H,13,15). The average molecular weight is 211 g/mol. The number of rotatable bonds is 5. The zero-order chi connectivity index (χ0) is 11.9. The van der Waals surface area contributed by atoms with Crippen LogP contribution in [0.25, 0.3) is 0 Å². The predicted octanol–water partition coefficient (Wildman–Crippen LogP) is 0.526. The van der Waals surface area contributed by atoms with Gasteiger partial charge in [0, 0.05) is 13.3 Å². The third-order valence-electron chi connectivity index (χ3n) is 1.90. The zero-order valence-corrected chi connectivity index (χ0v) is 9.39. The number of nitrogens with zero attached hydrogens (tertiary/aromatic N) is 1. The van der Waals surface area contributed by atoms with Gasteiger partial charge >= 0.3 is 0 Å². The molecule has 0 atom stereocenters. The first-order valence-corrected chi connectivity index (χ1v) is 4.80. The molecule has 0 bridgehead atoms. The highest BCUT2D eigenvalue weighted by molar-refractivity contribution is 5.77. The topological polar surface area (TPSA) is 82.0 Å². The first-order valence-electron chi connectivity index (χ1n) is 4.80. The van der Waals surface area contributed by atoms with Crippen LogP contribution in [-0.4, -0.2) is 18.5 Å². The lowest BCUT2D eigenvalue weighted by Gasteiger charge is -2.14. The molecule has 0 saturated heterocycles. The molecule has 0 aromatic carbocycles. The average Bonchev–Trinajstić information content (AvgIpc) is 2.14. The SMILES string of the molecule is CC(=O)NCNC(=O)CCC(C)(C)C#N. The van der Waals surface area contributed by atoms with Crippen molar-refractivity contribution in [1.29, 1.82) is 5.26 Å². The van der Waals surface area contributed by atoms with Crippen molar-refractivity contribution in [3.63, 3.8) is 0 Å². The number of carbonyl (C=O) groups excluding carboxylic acids is 2. The van der Waals surface area contributed by atoms with Gasteiger partial charge in [-0.1, -0.05) is 0 Å². The van der Waals surface area contributed by atoms with E-state index in [9.17, 15) is 9.59 Å². The van der Waals surface area contributed by atoms with Crippen molar-refractivity contribution in [2.45, 2.75) is 33.6 Å². The minimum absolute atomic E-state index is 0.140. The second kappa shape index (κ2) is 6.02. The van der Waals surface area contributed by atoms with E-state index < -0.39 is 5.41 Å². The highest BCUT2D eigenvalue weighted by atomic mass is 16.2. The third kappa shape index (κ3) is 7.50. The van der Waals surface area contributed by atoms with Crippen LogP contribution in [0.4, 0.5) is 0 Å². The molecule has 0 heterocycles. The molecule has 0 aliphatic carbocycles. The summed E-state index contributed by atoms with van der Waals surface area (Å²) in [5, 5.41) is 13.7. The van der Waals surface area contributed by atoms with Gasteiger partial charge in [-0.05, 0) is 20.3 Å². The van der Waals surface area contributed by atoms with Gasteiger partial charge in [0.05, 0.1) is 18.2 Å². The van der Waals surface area contributed by atoms with Gasteiger partial charge in [0.1, 0.15) is 0 Å². The number of hydrogen-bond donors (Lipinski definition) is 2. The summed E-state index contributed by atoms with van der Waals surface area (Å²) in [6.45, 7) is 5.09. The van der Waals surface area contributed by atoms with Crippen molar-refractivity contribution in [3.8, 4) is 6.07 Å². The molecule has 0 rings (SSSR count). The van der Waals surface area contributed by atoms with Gasteiger partial charge in [-0.2, -0.15) is 5.26 Å². The maximum Gasteiger partial charge on any atom is 0.221 e. The Kier molecular flexibility index (Phi) is 5.39. The van der Waals surface area contributed by atoms with E-state index in [1.54, 1.807) is 13.8 Å². The summed E-state index contributed by atoms with van der Waals surface area (Å²) < 4.78 is 0. The second-order valence-corrected chi connectivity index (χ2v) is 4.01. The smallest absolute Gasteiger partial charge is 0.221 e. The maximum atomic E-state index is 11.2. The molecular formula is C10H17N3O2. The Morgan fingerprint density at radius 1 is 1.33 bits per heavy atom. The molecule has 0 spiro atoms. The molecule has 2 N–H and O–H groups in total. The summed E-state index contributed by atoms with van der Waals surface area (Å²) in [5.41, 5.74) is -0.481. The van der Waals surface area contributed by atoms with Crippen molar-refractivity contribution >= 4 is 11.8 Å². The van der Waals surface area contributed by atoms with Crippen LogP contribution in [0.1, 0.15) is 33.6 Å². The van der Waals surface area contributed by atoms with Crippen molar-refractivity contribution in [3.05, 3.63) is 0 Å². The van der Waals surface area contributed by atoms with E-state index >= 15 is 0 Å². The van der Waals surface area contributed by atoms with E-state index in [-0.39, 0.29) is 18.5 Å². The Morgan fingerprint density at radius 3 is 2.40 bits per heavy atom. The molecule has 84 valence electrons. The Labute approximate surface area is 89.8 Å². The van der Waals surface area contributed by atoms with E-state index in [2.05, 4.69) is 16.7 Å².